The molecule has 0 unspecified atom stereocenters. The van der Waals surface area contributed by atoms with Gasteiger partial charge < -0.3 is 15.2 Å². The summed E-state index contributed by atoms with van der Waals surface area (Å²) in [7, 11) is 0. The van der Waals surface area contributed by atoms with E-state index in [0.29, 0.717) is 5.69 Å². The van der Waals surface area contributed by atoms with Gasteiger partial charge in [-0.3, -0.25) is 9.59 Å². The summed E-state index contributed by atoms with van der Waals surface area (Å²) >= 11 is 0. The highest BCUT2D eigenvalue weighted by atomic mass is 16.2. The van der Waals surface area contributed by atoms with Gasteiger partial charge in [0.15, 0.2) is 0 Å². The van der Waals surface area contributed by atoms with E-state index < -0.39 is 17.8 Å². The van der Waals surface area contributed by atoms with Gasteiger partial charge >= 0.3 is 6.03 Å². The molecular weight excluding hydrogens is 404 g/mol. The fourth-order valence-electron chi connectivity index (χ4n) is 3.85. The Morgan fingerprint density at radius 2 is 1.75 bits per heavy atom. The van der Waals surface area contributed by atoms with Crippen LogP contribution in [0, 0.1) is 20.8 Å². The molecule has 2 heterocycles. The molecule has 0 aliphatic carbocycles. The fraction of sp³-hybridized carbons (Fsp3) is 0.160. The number of imide groups is 1. The first-order chi connectivity index (χ1) is 15.3. The van der Waals surface area contributed by atoms with E-state index in [4.69, 9.17) is 0 Å². The highest BCUT2D eigenvalue weighted by molar-refractivity contribution is 6.16. The van der Waals surface area contributed by atoms with Crippen LogP contribution in [0.25, 0.3) is 11.8 Å². The largest absolute Gasteiger partial charge is 0.329 e. The van der Waals surface area contributed by atoms with Crippen LogP contribution in [0.4, 0.5) is 10.5 Å². The molecule has 1 aliphatic rings. The summed E-state index contributed by atoms with van der Waals surface area (Å²) in [6.07, 6.45) is 1.65. The van der Waals surface area contributed by atoms with Crippen LogP contribution in [-0.2, 0) is 9.59 Å². The fourth-order valence-corrected chi connectivity index (χ4v) is 3.85. The highest BCUT2D eigenvalue weighted by Gasteiger charge is 2.35. The lowest BCUT2D eigenvalue weighted by molar-refractivity contribution is -0.127. The van der Waals surface area contributed by atoms with Crippen LogP contribution in [0.3, 0.4) is 0 Å². The number of nitrogens with zero attached hydrogens (tertiary/aromatic N) is 2. The molecule has 162 valence electrons. The molecule has 0 saturated carbocycles. The molecule has 1 fully saturated rings. The summed E-state index contributed by atoms with van der Waals surface area (Å²) in [5.74, 6) is -0.971. The predicted molar refractivity (Wildman–Crippen MR) is 123 cm³/mol. The van der Waals surface area contributed by atoms with Gasteiger partial charge in [0.1, 0.15) is 12.2 Å². The second-order valence-electron chi connectivity index (χ2n) is 7.79. The number of carbonyl (C=O) groups is 3. The quantitative estimate of drug-likeness (QED) is 0.477. The molecule has 7 nitrogen and oxygen atoms in total. The standard InChI is InChI=1S/C25H24N4O3/c1-16-8-7-9-20(12-16)26-23(30)15-28-24(31)22(27-25(28)32)14-19-13-17(2)29(18(19)3)21-10-5-4-6-11-21/h4-14H,15H2,1-3H3,(H,26,30)(H,27,32). The van der Waals surface area contributed by atoms with Crippen LogP contribution in [0.1, 0.15) is 22.5 Å². The minimum atomic E-state index is -0.613. The van der Waals surface area contributed by atoms with Crippen molar-refractivity contribution in [1.82, 2.24) is 14.8 Å². The Balaban J connectivity index is 1.52. The number of urea groups is 1. The maximum absolute atomic E-state index is 12.8. The number of aromatic nitrogens is 1. The number of para-hydroxylation sites is 1. The van der Waals surface area contributed by atoms with Crippen LogP contribution < -0.4 is 10.6 Å². The van der Waals surface area contributed by atoms with Crippen molar-refractivity contribution in [3.63, 3.8) is 0 Å². The number of aryl methyl sites for hydroxylation is 2. The third-order valence-corrected chi connectivity index (χ3v) is 5.35. The first-order valence-corrected chi connectivity index (χ1v) is 10.3. The number of nitrogens with one attached hydrogen (secondary N) is 2. The molecule has 1 aromatic heterocycles. The van der Waals surface area contributed by atoms with Crippen LogP contribution in [0.2, 0.25) is 0 Å². The van der Waals surface area contributed by atoms with Gasteiger partial charge in [0.2, 0.25) is 5.91 Å². The van der Waals surface area contributed by atoms with Crippen molar-refractivity contribution in [2.75, 3.05) is 11.9 Å². The first-order valence-electron chi connectivity index (χ1n) is 10.3. The smallest absolute Gasteiger partial charge is 0.325 e. The second kappa shape index (κ2) is 8.55. The summed E-state index contributed by atoms with van der Waals surface area (Å²) in [4.78, 5) is 38.5. The maximum atomic E-state index is 12.8. The molecular formula is C25H24N4O3. The molecule has 1 saturated heterocycles. The molecule has 32 heavy (non-hydrogen) atoms. The lowest BCUT2D eigenvalue weighted by Gasteiger charge is -2.12. The number of amides is 4. The number of hydrogen-bond donors (Lipinski definition) is 2. The monoisotopic (exact) mass is 428 g/mol. The summed E-state index contributed by atoms with van der Waals surface area (Å²) in [6, 6.07) is 18.6. The number of rotatable bonds is 5. The van der Waals surface area contributed by atoms with E-state index in [1.165, 1.54) is 0 Å². The van der Waals surface area contributed by atoms with Gasteiger partial charge in [0, 0.05) is 22.8 Å². The minimum absolute atomic E-state index is 0.145. The van der Waals surface area contributed by atoms with E-state index in [9.17, 15) is 14.4 Å². The van der Waals surface area contributed by atoms with Gasteiger partial charge in [-0.05, 0) is 68.3 Å². The zero-order valence-electron chi connectivity index (χ0n) is 18.2. The average molecular weight is 428 g/mol. The van der Waals surface area contributed by atoms with Gasteiger partial charge in [-0.1, -0.05) is 30.3 Å². The van der Waals surface area contributed by atoms with Gasteiger partial charge in [-0.25, -0.2) is 9.69 Å². The second-order valence-corrected chi connectivity index (χ2v) is 7.79. The zero-order valence-corrected chi connectivity index (χ0v) is 18.2. The molecule has 2 N–H and O–H groups in total. The van der Waals surface area contributed by atoms with Crippen LogP contribution in [0.5, 0.6) is 0 Å². The van der Waals surface area contributed by atoms with Crippen LogP contribution in [0.15, 0.2) is 66.4 Å². The normalized spacial score (nSPS) is 14.7. The molecule has 0 spiro atoms. The van der Waals surface area contributed by atoms with E-state index in [2.05, 4.69) is 15.2 Å². The van der Waals surface area contributed by atoms with Crippen molar-refractivity contribution in [2.45, 2.75) is 20.8 Å². The minimum Gasteiger partial charge on any atom is -0.325 e. The van der Waals surface area contributed by atoms with E-state index in [0.717, 1.165) is 33.1 Å². The highest BCUT2D eigenvalue weighted by Crippen LogP contribution is 2.24. The number of carbonyl (C=O) groups excluding carboxylic acids is 3. The first kappa shape index (κ1) is 21.1. The third-order valence-electron chi connectivity index (χ3n) is 5.35. The summed E-state index contributed by atoms with van der Waals surface area (Å²) in [5.41, 5.74) is 5.55. The Bertz CT molecular complexity index is 1240. The van der Waals surface area contributed by atoms with Crippen molar-refractivity contribution in [3.8, 4) is 5.69 Å². The van der Waals surface area contributed by atoms with Crippen LogP contribution in [-0.4, -0.2) is 33.9 Å². The van der Waals surface area contributed by atoms with Crippen molar-refractivity contribution in [3.05, 3.63) is 88.9 Å². The summed E-state index contributed by atoms with van der Waals surface area (Å²) < 4.78 is 2.08. The van der Waals surface area contributed by atoms with Gasteiger partial charge in [0.05, 0.1) is 0 Å². The number of benzene rings is 2. The molecule has 4 rings (SSSR count). The molecule has 0 radical (unpaired) electrons. The molecule has 0 atom stereocenters. The lowest BCUT2D eigenvalue weighted by Crippen LogP contribution is -2.38. The lowest BCUT2D eigenvalue weighted by atomic mass is 10.2. The van der Waals surface area contributed by atoms with Gasteiger partial charge in [-0.2, -0.15) is 0 Å². The van der Waals surface area contributed by atoms with Crippen molar-refractivity contribution in [2.24, 2.45) is 0 Å². The molecule has 1 aliphatic heterocycles. The Morgan fingerprint density at radius 1 is 1.00 bits per heavy atom. The van der Waals surface area contributed by atoms with Gasteiger partial charge in [-0.15, -0.1) is 0 Å². The zero-order chi connectivity index (χ0) is 22.8. The summed E-state index contributed by atoms with van der Waals surface area (Å²) in [5, 5.41) is 5.30. The molecule has 2 aromatic carbocycles. The number of hydrogen-bond acceptors (Lipinski definition) is 3. The average Bonchev–Trinajstić information content (AvgIpc) is 3.18. The van der Waals surface area contributed by atoms with Crippen LogP contribution >= 0.6 is 0 Å². The SMILES string of the molecule is Cc1cccc(NC(=O)CN2C(=O)NC(=Cc3cc(C)n(-c4ccccc4)c3C)C2=O)c1. The third kappa shape index (κ3) is 4.18. The van der Waals surface area contributed by atoms with Gasteiger partial charge in [0.25, 0.3) is 5.91 Å². The maximum Gasteiger partial charge on any atom is 0.329 e. The van der Waals surface area contributed by atoms with E-state index >= 15 is 0 Å². The Hall–Kier alpha value is -4.13. The molecule has 3 aromatic rings. The van der Waals surface area contributed by atoms with E-state index in [-0.39, 0.29) is 12.2 Å². The predicted octanol–water partition coefficient (Wildman–Crippen LogP) is 3.93. The Kier molecular flexibility index (Phi) is 5.64. The molecule has 4 amide bonds. The van der Waals surface area contributed by atoms with Crippen molar-refractivity contribution < 1.29 is 14.4 Å². The Labute approximate surface area is 186 Å². The van der Waals surface area contributed by atoms with Crippen molar-refractivity contribution >= 4 is 29.6 Å². The molecule has 0 bridgehead atoms. The molecule has 7 heteroatoms. The topological polar surface area (TPSA) is 83.4 Å². The summed E-state index contributed by atoms with van der Waals surface area (Å²) in [6.45, 7) is 5.50. The Morgan fingerprint density at radius 3 is 2.47 bits per heavy atom. The van der Waals surface area contributed by atoms with Crippen molar-refractivity contribution in [1.29, 1.82) is 0 Å². The van der Waals surface area contributed by atoms with E-state index in [1.54, 1.807) is 12.1 Å². The van der Waals surface area contributed by atoms with E-state index in [1.807, 2.05) is 75.4 Å². The number of anilines is 1.